The predicted octanol–water partition coefficient (Wildman–Crippen LogP) is 4.39. The molecule has 1 saturated heterocycles. The second kappa shape index (κ2) is 8.33. The Bertz CT molecular complexity index is 819. The highest BCUT2D eigenvalue weighted by Gasteiger charge is 2.34. The van der Waals surface area contributed by atoms with E-state index in [1.165, 1.54) is 6.07 Å². The van der Waals surface area contributed by atoms with Crippen LogP contribution in [0.5, 0.6) is 0 Å². The van der Waals surface area contributed by atoms with Crippen molar-refractivity contribution in [2.24, 2.45) is 5.92 Å². The number of rotatable bonds is 7. The van der Waals surface area contributed by atoms with Crippen LogP contribution in [-0.2, 0) is 16.0 Å². The number of hydrogen-bond acceptors (Lipinski definition) is 2. The summed E-state index contributed by atoms with van der Waals surface area (Å²) < 4.78 is 13.6. The normalized spacial score (nSPS) is 17.9. The van der Waals surface area contributed by atoms with Gasteiger partial charge in [0.25, 0.3) is 0 Å². The highest BCUT2D eigenvalue weighted by molar-refractivity contribution is 5.99. The lowest BCUT2D eigenvalue weighted by Crippen LogP contribution is -2.25. The predicted molar refractivity (Wildman–Crippen MR) is 102 cm³/mol. The van der Waals surface area contributed by atoms with Gasteiger partial charge in [0.1, 0.15) is 5.82 Å². The molecule has 0 aromatic heterocycles. The third kappa shape index (κ3) is 4.54. The molecule has 1 amide bonds. The van der Waals surface area contributed by atoms with Crippen LogP contribution in [0.2, 0.25) is 0 Å². The average molecular weight is 369 g/mol. The summed E-state index contributed by atoms with van der Waals surface area (Å²) in [6.45, 7) is 2.34. The molecule has 0 bridgehead atoms. The van der Waals surface area contributed by atoms with Crippen molar-refractivity contribution in [1.82, 2.24) is 0 Å². The fourth-order valence-corrected chi connectivity index (χ4v) is 3.71. The number of carbonyl (C=O) groups excluding carboxylic acids is 1. The fourth-order valence-electron chi connectivity index (χ4n) is 3.71. The molecule has 27 heavy (non-hydrogen) atoms. The molecule has 2 aromatic carbocycles. The number of nitrogens with zero attached hydrogens (tertiary/aromatic N) is 1. The summed E-state index contributed by atoms with van der Waals surface area (Å²) in [6, 6.07) is 14.4. The maximum absolute atomic E-state index is 13.6. The number of carboxylic acid groups (broad SMARTS) is 1. The zero-order chi connectivity index (χ0) is 19.4. The van der Waals surface area contributed by atoms with Gasteiger partial charge in [0, 0.05) is 18.7 Å². The van der Waals surface area contributed by atoms with Crippen LogP contribution in [0.3, 0.4) is 0 Å². The Morgan fingerprint density at radius 2 is 2.00 bits per heavy atom. The van der Waals surface area contributed by atoms with E-state index >= 15 is 0 Å². The maximum Gasteiger partial charge on any atom is 0.308 e. The second-order valence-corrected chi connectivity index (χ2v) is 7.15. The van der Waals surface area contributed by atoms with Gasteiger partial charge in [-0.3, -0.25) is 9.59 Å². The highest BCUT2D eigenvalue weighted by Crippen LogP contribution is 2.29. The van der Waals surface area contributed by atoms with Gasteiger partial charge in [-0.05, 0) is 54.2 Å². The molecule has 2 unspecified atom stereocenters. The molecule has 0 aliphatic carbocycles. The van der Waals surface area contributed by atoms with E-state index in [2.05, 4.69) is 6.92 Å². The molecule has 2 aromatic rings. The smallest absolute Gasteiger partial charge is 0.308 e. The molecule has 1 aliphatic heterocycles. The summed E-state index contributed by atoms with van der Waals surface area (Å²) >= 11 is 0. The summed E-state index contributed by atoms with van der Waals surface area (Å²) in [5.74, 6) is -1.70. The van der Waals surface area contributed by atoms with Crippen LogP contribution in [0.15, 0.2) is 48.5 Å². The van der Waals surface area contributed by atoms with E-state index in [1.807, 2.05) is 30.3 Å². The Morgan fingerprint density at radius 3 is 2.59 bits per heavy atom. The van der Waals surface area contributed by atoms with Crippen molar-refractivity contribution in [3.8, 4) is 0 Å². The number of carbonyl (C=O) groups is 2. The summed E-state index contributed by atoms with van der Waals surface area (Å²) in [5.41, 5.74) is 2.84. The van der Waals surface area contributed by atoms with Crippen LogP contribution in [0.4, 0.5) is 10.1 Å². The van der Waals surface area contributed by atoms with E-state index in [1.54, 1.807) is 17.0 Å². The molecule has 2 atom stereocenters. The van der Waals surface area contributed by atoms with Crippen molar-refractivity contribution >= 4 is 17.6 Å². The minimum Gasteiger partial charge on any atom is -0.481 e. The Morgan fingerprint density at radius 1 is 1.26 bits per heavy atom. The van der Waals surface area contributed by atoms with Gasteiger partial charge in [0.15, 0.2) is 0 Å². The van der Waals surface area contributed by atoms with Crippen LogP contribution in [-0.4, -0.2) is 23.5 Å². The monoisotopic (exact) mass is 369 g/mol. The first-order chi connectivity index (χ1) is 13.0. The van der Waals surface area contributed by atoms with Crippen LogP contribution in [0, 0.1) is 11.7 Å². The zero-order valence-electron chi connectivity index (χ0n) is 15.4. The van der Waals surface area contributed by atoms with Gasteiger partial charge in [0.05, 0.1) is 5.92 Å². The number of amides is 1. The maximum atomic E-state index is 13.6. The first kappa shape index (κ1) is 19.1. The number of hydrogen-bond donors (Lipinski definition) is 1. The molecule has 142 valence electrons. The van der Waals surface area contributed by atoms with Gasteiger partial charge in [-0.25, -0.2) is 4.39 Å². The minimum atomic E-state index is -0.931. The van der Waals surface area contributed by atoms with E-state index in [4.69, 9.17) is 5.11 Å². The molecule has 0 radical (unpaired) electrons. The van der Waals surface area contributed by atoms with Gasteiger partial charge < -0.3 is 10.0 Å². The molecule has 0 spiro atoms. The van der Waals surface area contributed by atoms with E-state index in [9.17, 15) is 14.0 Å². The summed E-state index contributed by atoms with van der Waals surface area (Å²) in [4.78, 5) is 24.7. The third-order valence-electron chi connectivity index (χ3n) is 5.16. The van der Waals surface area contributed by atoms with Crippen molar-refractivity contribution in [3.63, 3.8) is 0 Å². The molecule has 3 rings (SSSR count). The topological polar surface area (TPSA) is 57.6 Å². The molecule has 0 saturated carbocycles. The molecule has 4 nitrogen and oxygen atoms in total. The highest BCUT2D eigenvalue weighted by atomic mass is 19.1. The van der Waals surface area contributed by atoms with Crippen LogP contribution in [0.25, 0.3) is 0 Å². The van der Waals surface area contributed by atoms with Crippen molar-refractivity contribution in [3.05, 3.63) is 65.5 Å². The SMILES string of the molecule is CCCC(Cc1ccc(N2CC(C(=O)O)CC2=O)cc1)c1cccc(F)c1. The lowest BCUT2D eigenvalue weighted by Gasteiger charge is -2.19. The first-order valence-corrected chi connectivity index (χ1v) is 9.35. The number of aliphatic carboxylic acids is 1. The Kier molecular flexibility index (Phi) is 5.89. The molecule has 1 fully saturated rings. The molecule has 1 N–H and O–H groups in total. The second-order valence-electron chi connectivity index (χ2n) is 7.15. The minimum absolute atomic E-state index is 0.0508. The lowest BCUT2D eigenvalue weighted by molar-refractivity contribution is -0.141. The Hall–Kier alpha value is -2.69. The van der Waals surface area contributed by atoms with E-state index in [0.717, 1.165) is 36.1 Å². The summed E-state index contributed by atoms with van der Waals surface area (Å²) in [5, 5.41) is 9.11. The average Bonchev–Trinajstić information content (AvgIpc) is 3.04. The molecule has 1 aliphatic rings. The van der Waals surface area contributed by atoms with Gasteiger partial charge >= 0.3 is 5.97 Å². The summed E-state index contributed by atoms with van der Waals surface area (Å²) in [6.07, 6.45) is 2.83. The van der Waals surface area contributed by atoms with Crippen molar-refractivity contribution in [1.29, 1.82) is 0 Å². The Labute approximate surface area is 158 Å². The van der Waals surface area contributed by atoms with E-state index < -0.39 is 11.9 Å². The Balaban J connectivity index is 1.72. The quantitative estimate of drug-likeness (QED) is 0.787. The third-order valence-corrected chi connectivity index (χ3v) is 5.16. The van der Waals surface area contributed by atoms with E-state index in [0.29, 0.717) is 0 Å². The van der Waals surface area contributed by atoms with Crippen molar-refractivity contribution in [2.45, 2.75) is 38.5 Å². The van der Waals surface area contributed by atoms with Gasteiger partial charge in [-0.2, -0.15) is 0 Å². The van der Waals surface area contributed by atoms with Gasteiger partial charge in [-0.1, -0.05) is 37.6 Å². The number of halogens is 1. The summed E-state index contributed by atoms with van der Waals surface area (Å²) in [7, 11) is 0. The first-order valence-electron chi connectivity index (χ1n) is 9.35. The molecule has 5 heteroatoms. The van der Waals surface area contributed by atoms with Crippen LogP contribution < -0.4 is 4.90 Å². The molecule has 1 heterocycles. The van der Waals surface area contributed by atoms with E-state index in [-0.39, 0.29) is 30.6 Å². The number of benzene rings is 2. The number of anilines is 1. The van der Waals surface area contributed by atoms with Crippen LogP contribution >= 0.6 is 0 Å². The fraction of sp³-hybridized carbons (Fsp3) is 0.364. The van der Waals surface area contributed by atoms with Crippen molar-refractivity contribution < 1.29 is 19.1 Å². The van der Waals surface area contributed by atoms with Gasteiger partial charge in [0.2, 0.25) is 5.91 Å². The largest absolute Gasteiger partial charge is 0.481 e. The van der Waals surface area contributed by atoms with Crippen molar-refractivity contribution in [2.75, 3.05) is 11.4 Å². The zero-order valence-corrected chi connectivity index (χ0v) is 15.4. The molecular weight excluding hydrogens is 345 g/mol. The lowest BCUT2D eigenvalue weighted by atomic mass is 9.88. The number of carboxylic acids is 1. The standard InChI is InChI=1S/C22H24FNO3/c1-2-4-16(17-5-3-6-19(23)12-17)11-15-7-9-20(10-8-15)24-14-18(22(26)27)13-21(24)25/h3,5-10,12,16,18H,2,4,11,13-14H2,1H3,(H,26,27). The van der Waals surface area contributed by atoms with Crippen LogP contribution in [0.1, 0.15) is 43.2 Å². The molecular formula is C22H24FNO3. The van der Waals surface area contributed by atoms with Gasteiger partial charge in [-0.15, -0.1) is 0 Å².